The molecule has 2 nitrogen and oxygen atoms in total. The second-order valence-electron chi connectivity index (χ2n) is 3.01. The molecule has 3 heteroatoms. The van der Waals surface area contributed by atoms with E-state index in [4.69, 9.17) is 10.5 Å². The van der Waals surface area contributed by atoms with Crippen LogP contribution < -0.4 is 10.5 Å². The van der Waals surface area contributed by atoms with Gasteiger partial charge in [-0.15, -0.1) is 12.4 Å². The van der Waals surface area contributed by atoms with Crippen molar-refractivity contribution in [3.8, 4) is 5.75 Å². The van der Waals surface area contributed by atoms with Crippen molar-refractivity contribution in [1.29, 1.82) is 0 Å². The maximum atomic E-state index is 5.77. The fourth-order valence-corrected chi connectivity index (χ4v) is 1.29. The third-order valence-corrected chi connectivity index (χ3v) is 1.97. The first-order chi connectivity index (χ1) is 5.65. The molecule has 0 spiro atoms. The minimum Gasteiger partial charge on any atom is -0.497 e. The van der Waals surface area contributed by atoms with Crippen molar-refractivity contribution in [3.05, 3.63) is 29.3 Å². The number of ether oxygens (including phenoxy) is 1. The minimum atomic E-state index is 0. The van der Waals surface area contributed by atoms with Crippen molar-refractivity contribution < 1.29 is 4.74 Å². The van der Waals surface area contributed by atoms with E-state index >= 15 is 0 Å². The first kappa shape index (κ1) is 12.3. The van der Waals surface area contributed by atoms with Gasteiger partial charge in [0, 0.05) is 6.04 Å². The maximum absolute atomic E-state index is 5.77. The Hall–Kier alpha value is -0.730. The minimum absolute atomic E-state index is 0. The van der Waals surface area contributed by atoms with Gasteiger partial charge in [0.15, 0.2) is 0 Å². The van der Waals surface area contributed by atoms with Gasteiger partial charge in [-0.25, -0.2) is 0 Å². The van der Waals surface area contributed by atoms with E-state index in [1.807, 2.05) is 32.0 Å². The van der Waals surface area contributed by atoms with Crippen LogP contribution in [0.1, 0.15) is 24.1 Å². The smallest absolute Gasteiger partial charge is 0.119 e. The Balaban J connectivity index is 0.00000144. The highest BCUT2D eigenvalue weighted by Gasteiger charge is 2.03. The summed E-state index contributed by atoms with van der Waals surface area (Å²) in [6.07, 6.45) is 0. The van der Waals surface area contributed by atoms with E-state index in [0.717, 1.165) is 5.75 Å². The van der Waals surface area contributed by atoms with Crippen molar-refractivity contribution in [3.63, 3.8) is 0 Å². The van der Waals surface area contributed by atoms with E-state index in [1.165, 1.54) is 11.1 Å². The number of aryl methyl sites for hydroxylation is 1. The Morgan fingerprint density at radius 3 is 2.38 bits per heavy atom. The summed E-state index contributed by atoms with van der Waals surface area (Å²) < 4.78 is 5.09. The van der Waals surface area contributed by atoms with Gasteiger partial charge in [0.05, 0.1) is 7.11 Å². The summed E-state index contributed by atoms with van der Waals surface area (Å²) in [5, 5.41) is 0. The van der Waals surface area contributed by atoms with E-state index in [1.54, 1.807) is 7.11 Å². The van der Waals surface area contributed by atoms with E-state index in [2.05, 4.69) is 0 Å². The van der Waals surface area contributed by atoms with Crippen LogP contribution in [0.5, 0.6) is 5.75 Å². The molecule has 0 aliphatic rings. The molecule has 0 radical (unpaired) electrons. The number of hydrogen-bond acceptors (Lipinski definition) is 2. The third kappa shape index (κ3) is 2.90. The first-order valence-corrected chi connectivity index (χ1v) is 4.05. The van der Waals surface area contributed by atoms with Gasteiger partial charge in [0.2, 0.25) is 0 Å². The van der Waals surface area contributed by atoms with Crippen molar-refractivity contribution >= 4 is 12.4 Å². The van der Waals surface area contributed by atoms with Crippen LogP contribution in [-0.4, -0.2) is 7.11 Å². The van der Waals surface area contributed by atoms with Gasteiger partial charge in [-0.3, -0.25) is 0 Å². The lowest BCUT2D eigenvalue weighted by atomic mass is 10.0. The lowest BCUT2D eigenvalue weighted by Crippen LogP contribution is -2.06. The van der Waals surface area contributed by atoms with Crippen LogP contribution in [0.2, 0.25) is 0 Å². The van der Waals surface area contributed by atoms with Crippen molar-refractivity contribution in [2.75, 3.05) is 7.11 Å². The van der Waals surface area contributed by atoms with Crippen LogP contribution in [0.4, 0.5) is 0 Å². The van der Waals surface area contributed by atoms with Gasteiger partial charge in [-0.2, -0.15) is 0 Å². The normalized spacial score (nSPS) is 11.7. The Bertz CT molecular complexity index is 274. The predicted molar refractivity (Wildman–Crippen MR) is 57.6 cm³/mol. The highest BCUT2D eigenvalue weighted by Crippen LogP contribution is 2.20. The molecule has 2 N–H and O–H groups in total. The van der Waals surface area contributed by atoms with Crippen LogP contribution in [0, 0.1) is 6.92 Å². The number of nitrogens with two attached hydrogens (primary N) is 1. The molecular formula is C10H16ClNO. The molecule has 0 bridgehead atoms. The number of hydrogen-bond donors (Lipinski definition) is 1. The summed E-state index contributed by atoms with van der Waals surface area (Å²) in [5.41, 5.74) is 8.13. The summed E-state index contributed by atoms with van der Waals surface area (Å²) in [4.78, 5) is 0. The van der Waals surface area contributed by atoms with Gasteiger partial charge in [0.25, 0.3) is 0 Å². The fourth-order valence-electron chi connectivity index (χ4n) is 1.29. The van der Waals surface area contributed by atoms with Crippen molar-refractivity contribution in [2.24, 2.45) is 5.73 Å². The molecule has 0 fully saturated rings. The summed E-state index contributed by atoms with van der Waals surface area (Å²) >= 11 is 0. The summed E-state index contributed by atoms with van der Waals surface area (Å²) in [5.74, 6) is 0.886. The number of methoxy groups -OCH3 is 1. The molecule has 0 aliphatic carbocycles. The third-order valence-electron chi connectivity index (χ3n) is 1.97. The molecule has 1 aromatic rings. The van der Waals surface area contributed by atoms with Crippen LogP contribution in [0.3, 0.4) is 0 Å². The molecule has 1 unspecified atom stereocenters. The molecule has 74 valence electrons. The number of rotatable bonds is 2. The molecule has 1 rings (SSSR count). The molecule has 0 saturated heterocycles. The zero-order valence-corrected chi connectivity index (χ0v) is 9.02. The number of benzene rings is 1. The number of halogens is 1. The molecule has 1 aromatic carbocycles. The Kier molecular flexibility index (Phi) is 4.81. The van der Waals surface area contributed by atoms with Gasteiger partial charge in [-0.05, 0) is 37.1 Å². The monoisotopic (exact) mass is 201 g/mol. The summed E-state index contributed by atoms with van der Waals surface area (Å²) in [6.45, 7) is 4.02. The molecule has 0 amide bonds. The Labute approximate surface area is 85.5 Å². The first-order valence-electron chi connectivity index (χ1n) is 4.05. The summed E-state index contributed by atoms with van der Waals surface area (Å²) in [6, 6.07) is 6.04. The molecule has 0 heterocycles. The molecule has 1 atom stereocenters. The molecular weight excluding hydrogens is 186 g/mol. The quantitative estimate of drug-likeness (QED) is 0.798. The lowest BCUT2D eigenvalue weighted by Gasteiger charge is -2.10. The topological polar surface area (TPSA) is 35.2 Å². The van der Waals surface area contributed by atoms with Crippen molar-refractivity contribution in [2.45, 2.75) is 19.9 Å². The molecule has 0 saturated carbocycles. The highest BCUT2D eigenvalue weighted by molar-refractivity contribution is 5.85. The van der Waals surface area contributed by atoms with Crippen LogP contribution in [-0.2, 0) is 0 Å². The van der Waals surface area contributed by atoms with E-state index < -0.39 is 0 Å². The van der Waals surface area contributed by atoms with Crippen LogP contribution in [0.15, 0.2) is 18.2 Å². The van der Waals surface area contributed by atoms with E-state index in [-0.39, 0.29) is 18.4 Å². The van der Waals surface area contributed by atoms with E-state index in [0.29, 0.717) is 0 Å². The average Bonchev–Trinajstić information content (AvgIpc) is 2.03. The molecule has 0 aromatic heterocycles. The average molecular weight is 202 g/mol. The van der Waals surface area contributed by atoms with Gasteiger partial charge in [0.1, 0.15) is 5.75 Å². The Morgan fingerprint density at radius 1 is 1.38 bits per heavy atom. The lowest BCUT2D eigenvalue weighted by molar-refractivity contribution is 0.414. The summed E-state index contributed by atoms with van der Waals surface area (Å²) in [7, 11) is 1.67. The highest BCUT2D eigenvalue weighted by atomic mass is 35.5. The predicted octanol–water partition coefficient (Wildman–Crippen LogP) is 2.45. The van der Waals surface area contributed by atoms with Gasteiger partial charge >= 0.3 is 0 Å². The SMILES string of the molecule is COc1ccc(C(C)N)c(C)c1.Cl. The van der Waals surface area contributed by atoms with Crippen molar-refractivity contribution in [1.82, 2.24) is 0 Å². The maximum Gasteiger partial charge on any atom is 0.119 e. The second-order valence-corrected chi connectivity index (χ2v) is 3.01. The van der Waals surface area contributed by atoms with Crippen LogP contribution >= 0.6 is 12.4 Å². The van der Waals surface area contributed by atoms with Gasteiger partial charge in [-0.1, -0.05) is 6.07 Å². The zero-order chi connectivity index (χ0) is 9.14. The zero-order valence-electron chi connectivity index (χ0n) is 8.20. The van der Waals surface area contributed by atoms with Crippen LogP contribution in [0.25, 0.3) is 0 Å². The van der Waals surface area contributed by atoms with E-state index in [9.17, 15) is 0 Å². The fraction of sp³-hybridized carbons (Fsp3) is 0.400. The Morgan fingerprint density at radius 2 is 2.00 bits per heavy atom. The van der Waals surface area contributed by atoms with Gasteiger partial charge < -0.3 is 10.5 Å². The second kappa shape index (κ2) is 5.10. The molecule has 0 aliphatic heterocycles. The standard InChI is InChI=1S/C10H15NO.ClH/c1-7-6-9(12-3)4-5-10(7)8(2)11;/h4-6,8H,11H2,1-3H3;1H. The molecule has 13 heavy (non-hydrogen) atoms. The largest absolute Gasteiger partial charge is 0.497 e.